The van der Waals surface area contributed by atoms with Gasteiger partial charge in [-0.25, -0.2) is 0 Å². The highest BCUT2D eigenvalue weighted by Gasteiger charge is 2.15. The summed E-state index contributed by atoms with van der Waals surface area (Å²) in [4.78, 5) is 0. The van der Waals surface area contributed by atoms with Crippen LogP contribution in [-0.2, 0) is 11.3 Å². The van der Waals surface area contributed by atoms with E-state index in [9.17, 15) is 0 Å². The summed E-state index contributed by atoms with van der Waals surface area (Å²) in [7, 11) is 0. The third kappa shape index (κ3) is 2.98. The third-order valence-electron chi connectivity index (χ3n) is 4.01. The van der Waals surface area contributed by atoms with Crippen LogP contribution in [-0.4, -0.2) is 24.4 Å². The molecule has 0 amide bonds. The summed E-state index contributed by atoms with van der Waals surface area (Å²) in [6.45, 7) is 5.84. The van der Waals surface area contributed by atoms with E-state index in [0.29, 0.717) is 0 Å². The molecule has 108 valence electrons. The molecule has 2 heterocycles. The highest BCUT2D eigenvalue weighted by Crippen LogP contribution is 2.25. The molecule has 3 nitrogen and oxygen atoms in total. The van der Waals surface area contributed by atoms with Crippen molar-refractivity contribution in [1.82, 2.24) is 4.57 Å². The molecule has 0 N–H and O–H groups in total. The zero-order valence-corrected chi connectivity index (χ0v) is 12.2. The van der Waals surface area contributed by atoms with Crippen molar-refractivity contribution in [3.63, 3.8) is 0 Å². The number of ether oxygens (including phenoxy) is 2. The first-order valence-corrected chi connectivity index (χ1v) is 7.66. The average molecular weight is 273 g/mol. The Hall–Kier alpha value is -1.48. The minimum Gasteiger partial charge on any atom is -0.494 e. The lowest BCUT2D eigenvalue weighted by atomic mass is 10.0. The van der Waals surface area contributed by atoms with Crippen LogP contribution in [0.15, 0.2) is 30.5 Å². The minimum absolute atomic E-state index is 0.746. The normalized spacial score (nSPS) is 16.6. The molecule has 3 heteroatoms. The van der Waals surface area contributed by atoms with Crippen LogP contribution in [0.25, 0.3) is 10.9 Å². The van der Waals surface area contributed by atoms with Crippen LogP contribution in [0.1, 0.15) is 26.2 Å². The second-order valence-electron chi connectivity index (χ2n) is 5.59. The first kappa shape index (κ1) is 13.5. The van der Waals surface area contributed by atoms with E-state index >= 15 is 0 Å². The van der Waals surface area contributed by atoms with Crippen LogP contribution in [0.2, 0.25) is 0 Å². The third-order valence-corrected chi connectivity index (χ3v) is 4.01. The van der Waals surface area contributed by atoms with Gasteiger partial charge in [0.2, 0.25) is 0 Å². The number of benzene rings is 1. The number of aromatic nitrogens is 1. The van der Waals surface area contributed by atoms with Gasteiger partial charge in [0, 0.05) is 36.9 Å². The fourth-order valence-electron chi connectivity index (χ4n) is 2.85. The summed E-state index contributed by atoms with van der Waals surface area (Å²) in [6, 6.07) is 8.59. The predicted octanol–water partition coefficient (Wildman–Crippen LogP) is 3.86. The van der Waals surface area contributed by atoms with Crippen LogP contribution >= 0.6 is 0 Å². The molecule has 1 aromatic heterocycles. The predicted molar refractivity (Wildman–Crippen MR) is 81.3 cm³/mol. The van der Waals surface area contributed by atoms with Gasteiger partial charge in [-0.1, -0.05) is 6.92 Å². The Morgan fingerprint density at radius 1 is 1.25 bits per heavy atom. The summed E-state index contributed by atoms with van der Waals surface area (Å²) in [5.41, 5.74) is 1.31. The standard InChI is InChI=1S/C17H23NO2/c1-2-9-20-16-3-4-17-15(12-16)5-8-18(17)13-14-6-10-19-11-7-14/h3-5,8,12,14H,2,6-7,9-11,13H2,1H3. The van der Waals surface area contributed by atoms with Crippen LogP contribution in [0, 0.1) is 5.92 Å². The van der Waals surface area contributed by atoms with E-state index in [1.54, 1.807) is 0 Å². The fourth-order valence-corrected chi connectivity index (χ4v) is 2.85. The number of fused-ring (bicyclic) bond motifs is 1. The Bertz CT molecular complexity index is 555. The topological polar surface area (TPSA) is 23.4 Å². The molecule has 0 aliphatic carbocycles. The van der Waals surface area contributed by atoms with Crippen LogP contribution < -0.4 is 4.74 Å². The van der Waals surface area contributed by atoms with Crippen molar-refractivity contribution >= 4 is 10.9 Å². The fraction of sp³-hybridized carbons (Fsp3) is 0.529. The molecule has 0 atom stereocenters. The smallest absolute Gasteiger partial charge is 0.120 e. The maximum atomic E-state index is 5.70. The van der Waals surface area contributed by atoms with Gasteiger partial charge in [-0.3, -0.25) is 0 Å². The number of rotatable bonds is 5. The Morgan fingerprint density at radius 3 is 2.90 bits per heavy atom. The Labute approximate surface area is 120 Å². The van der Waals surface area contributed by atoms with E-state index < -0.39 is 0 Å². The summed E-state index contributed by atoms with van der Waals surface area (Å²) in [5.74, 6) is 1.72. The Balaban J connectivity index is 1.75. The second-order valence-corrected chi connectivity index (χ2v) is 5.59. The van der Waals surface area contributed by atoms with Crippen LogP contribution in [0.3, 0.4) is 0 Å². The molecule has 1 aliphatic rings. The molecule has 3 rings (SSSR count). The molecule has 0 unspecified atom stereocenters. The molecular formula is C17H23NO2. The molecule has 0 saturated carbocycles. The maximum absolute atomic E-state index is 5.70. The van der Waals surface area contributed by atoms with Crippen molar-refractivity contribution in [3.8, 4) is 5.75 Å². The van der Waals surface area contributed by atoms with Crippen molar-refractivity contribution in [1.29, 1.82) is 0 Å². The molecule has 0 bridgehead atoms. The van der Waals surface area contributed by atoms with E-state index in [-0.39, 0.29) is 0 Å². The highest BCUT2D eigenvalue weighted by atomic mass is 16.5. The largest absolute Gasteiger partial charge is 0.494 e. The Kier molecular flexibility index (Phi) is 4.26. The molecule has 1 aromatic carbocycles. The number of hydrogen-bond acceptors (Lipinski definition) is 2. The van der Waals surface area contributed by atoms with Gasteiger partial charge in [-0.15, -0.1) is 0 Å². The molecule has 1 saturated heterocycles. The van der Waals surface area contributed by atoms with Crippen molar-refractivity contribution < 1.29 is 9.47 Å². The van der Waals surface area contributed by atoms with Crippen molar-refractivity contribution in [2.75, 3.05) is 19.8 Å². The SMILES string of the molecule is CCCOc1ccc2c(ccn2CC2CCOCC2)c1. The molecule has 0 radical (unpaired) electrons. The molecule has 20 heavy (non-hydrogen) atoms. The highest BCUT2D eigenvalue weighted by molar-refractivity contribution is 5.81. The molecule has 0 spiro atoms. The van der Waals surface area contributed by atoms with Gasteiger partial charge in [0.25, 0.3) is 0 Å². The number of hydrogen-bond donors (Lipinski definition) is 0. The first-order chi connectivity index (χ1) is 9.86. The summed E-state index contributed by atoms with van der Waals surface area (Å²) in [6.07, 6.45) is 5.60. The van der Waals surface area contributed by atoms with Gasteiger partial charge in [0.1, 0.15) is 5.75 Å². The zero-order valence-electron chi connectivity index (χ0n) is 12.2. The van der Waals surface area contributed by atoms with Gasteiger partial charge >= 0.3 is 0 Å². The van der Waals surface area contributed by atoms with Crippen LogP contribution in [0.4, 0.5) is 0 Å². The monoisotopic (exact) mass is 273 g/mol. The molecule has 2 aromatic rings. The molecule has 1 aliphatic heterocycles. The minimum atomic E-state index is 0.746. The first-order valence-electron chi connectivity index (χ1n) is 7.66. The van der Waals surface area contributed by atoms with E-state index in [0.717, 1.165) is 44.5 Å². The van der Waals surface area contributed by atoms with Gasteiger partial charge in [-0.2, -0.15) is 0 Å². The lowest BCUT2D eigenvalue weighted by molar-refractivity contribution is 0.0616. The van der Waals surface area contributed by atoms with E-state index in [1.165, 1.54) is 23.7 Å². The summed E-state index contributed by atoms with van der Waals surface area (Å²) in [5, 5.41) is 1.27. The van der Waals surface area contributed by atoms with Gasteiger partial charge in [0.15, 0.2) is 0 Å². The van der Waals surface area contributed by atoms with Crippen LogP contribution in [0.5, 0.6) is 5.75 Å². The lowest BCUT2D eigenvalue weighted by Crippen LogP contribution is -2.19. The second kappa shape index (κ2) is 6.31. The molecule has 1 fully saturated rings. The van der Waals surface area contributed by atoms with E-state index in [2.05, 4.69) is 42.0 Å². The maximum Gasteiger partial charge on any atom is 0.120 e. The summed E-state index contributed by atoms with van der Waals surface area (Å²) < 4.78 is 13.5. The van der Waals surface area contributed by atoms with Crippen molar-refractivity contribution in [2.24, 2.45) is 5.92 Å². The van der Waals surface area contributed by atoms with E-state index in [1.807, 2.05) is 0 Å². The van der Waals surface area contributed by atoms with Crippen molar-refractivity contribution in [3.05, 3.63) is 30.5 Å². The van der Waals surface area contributed by atoms with Crippen molar-refractivity contribution in [2.45, 2.75) is 32.7 Å². The lowest BCUT2D eigenvalue weighted by Gasteiger charge is -2.22. The quantitative estimate of drug-likeness (QED) is 0.826. The van der Waals surface area contributed by atoms with Gasteiger partial charge in [-0.05, 0) is 49.4 Å². The van der Waals surface area contributed by atoms with Gasteiger partial charge in [0.05, 0.1) is 6.61 Å². The van der Waals surface area contributed by atoms with E-state index in [4.69, 9.17) is 9.47 Å². The average Bonchev–Trinajstić information content (AvgIpc) is 2.89. The molecular weight excluding hydrogens is 250 g/mol. The summed E-state index contributed by atoms with van der Waals surface area (Å²) >= 11 is 0. The van der Waals surface area contributed by atoms with Gasteiger partial charge < -0.3 is 14.0 Å². The number of nitrogens with zero attached hydrogens (tertiary/aromatic N) is 1. The Morgan fingerprint density at radius 2 is 2.10 bits per heavy atom. The zero-order chi connectivity index (χ0) is 13.8.